The Kier molecular flexibility index (Phi) is 5.30. The standard InChI is InChI=1S/C21H34N4O4/c1-20(2,3)16(22)19(29)25-9-11-13(21(11,4)5)14(25)18(28)24-12(8-10-6-7-10)15(26)17(23)27/h10-14,16H,6-9,22H2,1-5H3,(H2,23,27)(H,24,28)/t11?,12?,13-,14?,16+/m0/s1. The molecule has 5 atom stereocenters. The summed E-state index contributed by atoms with van der Waals surface area (Å²) in [7, 11) is 0. The van der Waals surface area contributed by atoms with Gasteiger partial charge in [-0.3, -0.25) is 19.2 Å². The van der Waals surface area contributed by atoms with E-state index in [1.807, 2.05) is 20.8 Å². The van der Waals surface area contributed by atoms with E-state index in [1.165, 1.54) is 0 Å². The minimum atomic E-state index is -1.05. The third-order valence-corrected chi connectivity index (χ3v) is 7.10. The first kappa shape index (κ1) is 21.7. The van der Waals surface area contributed by atoms with Crippen molar-refractivity contribution in [3.8, 4) is 0 Å². The summed E-state index contributed by atoms with van der Waals surface area (Å²) in [5.41, 5.74) is 10.9. The quantitative estimate of drug-likeness (QED) is 0.518. The number of carbonyl (C=O) groups excluding carboxylic acids is 4. The van der Waals surface area contributed by atoms with Crippen LogP contribution < -0.4 is 16.8 Å². The van der Waals surface area contributed by atoms with Crippen LogP contribution in [0.2, 0.25) is 0 Å². The lowest BCUT2D eigenvalue weighted by molar-refractivity contribution is -0.144. The number of hydrogen-bond acceptors (Lipinski definition) is 5. The lowest BCUT2D eigenvalue weighted by Gasteiger charge is -2.36. The van der Waals surface area contributed by atoms with E-state index < -0.39 is 41.1 Å². The van der Waals surface area contributed by atoms with Crippen LogP contribution >= 0.6 is 0 Å². The summed E-state index contributed by atoms with van der Waals surface area (Å²) in [6, 6.07) is -2.34. The summed E-state index contributed by atoms with van der Waals surface area (Å²) >= 11 is 0. The third kappa shape index (κ3) is 4.04. The van der Waals surface area contributed by atoms with Crippen molar-refractivity contribution >= 4 is 23.5 Å². The fourth-order valence-corrected chi connectivity index (χ4v) is 4.71. The molecule has 0 bridgehead atoms. The molecule has 8 heteroatoms. The van der Waals surface area contributed by atoms with Crippen LogP contribution in [0, 0.1) is 28.6 Å². The average Bonchev–Trinajstić information content (AvgIpc) is 3.45. The summed E-state index contributed by atoms with van der Waals surface area (Å²) in [6.45, 7) is 10.3. The lowest BCUT2D eigenvalue weighted by atomic mass is 9.86. The molecule has 0 aromatic carbocycles. The lowest BCUT2D eigenvalue weighted by Crippen LogP contribution is -2.59. The van der Waals surface area contributed by atoms with Crippen molar-refractivity contribution in [2.75, 3.05) is 6.54 Å². The van der Waals surface area contributed by atoms with Gasteiger partial charge in [0.05, 0.1) is 12.1 Å². The van der Waals surface area contributed by atoms with Crippen molar-refractivity contribution in [3.63, 3.8) is 0 Å². The van der Waals surface area contributed by atoms with E-state index in [1.54, 1.807) is 4.90 Å². The maximum Gasteiger partial charge on any atom is 0.287 e. The molecular weight excluding hydrogens is 372 g/mol. The molecule has 1 aliphatic heterocycles. The van der Waals surface area contributed by atoms with Gasteiger partial charge in [-0.15, -0.1) is 0 Å². The minimum Gasteiger partial charge on any atom is -0.363 e. The van der Waals surface area contributed by atoms with E-state index >= 15 is 0 Å². The Bertz CT molecular complexity index is 737. The van der Waals surface area contributed by atoms with Crippen molar-refractivity contribution < 1.29 is 19.2 Å². The first-order valence-corrected chi connectivity index (χ1v) is 10.5. The van der Waals surface area contributed by atoms with Crippen LogP contribution in [0.15, 0.2) is 0 Å². The van der Waals surface area contributed by atoms with Gasteiger partial charge in [0.15, 0.2) is 0 Å². The second-order valence-corrected chi connectivity index (χ2v) is 10.7. The molecule has 3 rings (SSSR count). The number of piperidine rings is 1. The van der Waals surface area contributed by atoms with Gasteiger partial charge in [0.1, 0.15) is 6.04 Å². The van der Waals surface area contributed by atoms with Crippen LogP contribution in [0.3, 0.4) is 0 Å². The summed E-state index contributed by atoms with van der Waals surface area (Å²) < 4.78 is 0. The number of hydrogen-bond donors (Lipinski definition) is 3. The molecule has 0 aromatic rings. The van der Waals surface area contributed by atoms with Gasteiger partial charge in [-0.05, 0) is 35.0 Å². The number of carbonyl (C=O) groups is 4. The highest BCUT2D eigenvalue weighted by molar-refractivity contribution is 6.37. The Morgan fingerprint density at radius 1 is 1.17 bits per heavy atom. The normalized spacial score (nSPS) is 29.6. The fourth-order valence-electron chi connectivity index (χ4n) is 4.71. The van der Waals surface area contributed by atoms with Gasteiger partial charge < -0.3 is 21.7 Å². The Balaban J connectivity index is 1.79. The van der Waals surface area contributed by atoms with Crippen molar-refractivity contribution in [1.29, 1.82) is 0 Å². The van der Waals surface area contributed by atoms with Gasteiger partial charge in [0, 0.05) is 6.54 Å². The van der Waals surface area contributed by atoms with Gasteiger partial charge in [-0.25, -0.2) is 0 Å². The first-order valence-electron chi connectivity index (χ1n) is 10.5. The van der Waals surface area contributed by atoms with Crippen LogP contribution in [0.25, 0.3) is 0 Å². The van der Waals surface area contributed by atoms with Gasteiger partial charge in [-0.2, -0.15) is 0 Å². The highest BCUT2D eigenvalue weighted by Gasteiger charge is 2.69. The molecule has 0 radical (unpaired) electrons. The van der Waals surface area contributed by atoms with E-state index in [4.69, 9.17) is 11.5 Å². The van der Waals surface area contributed by atoms with Crippen molar-refractivity contribution in [2.45, 2.75) is 72.0 Å². The maximum atomic E-state index is 13.2. The number of nitrogens with two attached hydrogens (primary N) is 2. The summed E-state index contributed by atoms with van der Waals surface area (Å²) in [5, 5.41) is 2.74. The predicted octanol–water partition coefficient (Wildman–Crippen LogP) is 0.182. The van der Waals surface area contributed by atoms with Gasteiger partial charge >= 0.3 is 0 Å². The molecule has 3 amide bonds. The number of ketones is 1. The number of fused-ring (bicyclic) bond motifs is 1. The molecule has 0 aromatic heterocycles. The maximum absolute atomic E-state index is 13.2. The second kappa shape index (κ2) is 7.07. The largest absolute Gasteiger partial charge is 0.363 e. The van der Waals surface area contributed by atoms with Crippen LogP contribution in [0.5, 0.6) is 0 Å². The Labute approximate surface area is 172 Å². The van der Waals surface area contributed by atoms with E-state index in [-0.39, 0.29) is 23.2 Å². The molecule has 3 unspecified atom stereocenters. The smallest absolute Gasteiger partial charge is 0.287 e. The first-order chi connectivity index (χ1) is 13.3. The summed E-state index contributed by atoms with van der Waals surface area (Å²) in [6.07, 6.45) is 2.36. The zero-order chi connectivity index (χ0) is 21.9. The zero-order valence-electron chi connectivity index (χ0n) is 18.0. The van der Waals surface area contributed by atoms with E-state index in [2.05, 4.69) is 19.2 Å². The topological polar surface area (TPSA) is 136 Å². The molecule has 2 saturated carbocycles. The Hall–Kier alpha value is -1.96. The monoisotopic (exact) mass is 406 g/mol. The number of Topliss-reactive ketones (excluding diaryl/α,β-unsaturated/α-hetero) is 1. The van der Waals surface area contributed by atoms with E-state index in [0.717, 1.165) is 12.8 Å². The van der Waals surface area contributed by atoms with Gasteiger partial charge in [0.25, 0.3) is 5.91 Å². The molecule has 3 fully saturated rings. The van der Waals surface area contributed by atoms with Crippen molar-refractivity contribution in [2.24, 2.45) is 40.1 Å². The Morgan fingerprint density at radius 2 is 1.76 bits per heavy atom. The SMILES string of the molecule is CC(C)(C)[C@H](N)C(=O)N1CC2[C@@H](C1C(=O)NC(CC1CC1)C(=O)C(N)=O)C2(C)C. The number of primary amides is 1. The number of nitrogens with zero attached hydrogens (tertiary/aromatic N) is 1. The van der Waals surface area contributed by atoms with Crippen LogP contribution in [-0.2, 0) is 19.2 Å². The fraction of sp³-hybridized carbons (Fsp3) is 0.810. The van der Waals surface area contributed by atoms with E-state index in [0.29, 0.717) is 18.9 Å². The molecule has 3 aliphatic rings. The molecular formula is C21H34N4O4. The van der Waals surface area contributed by atoms with Crippen LogP contribution in [-0.4, -0.2) is 53.1 Å². The van der Waals surface area contributed by atoms with Crippen LogP contribution in [0.4, 0.5) is 0 Å². The minimum absolute atomic E-state index is 0.0175. The number of rotatable bonds is 7. The average molecular weight is 407 g/mol. The summed E-state index contributed by atoms with van der Waals surface area (Å²) in [5.74, 6) is -1.90. The van der Waals surface area contributed by atoms with Crippen molar-refractivity contribution in [3.05, 3.63) is 0 Å². The van der Waals surface area contributed by atoms with Gasteiger partial charge in [0.2, 0.25) is 17.6 Å². The molecule has 162 valence electrons. The number of amides is 3. The van der Waals surface area contributed by atoms with Crippen molar-refractivity contribution in [1.82, 2.24) is 10.2 Å². The summed E-state index contributed by atoms with van der Waals surface area (Å²) in [4.78, 5) is 51.6. The number of nitrogens with one attached hydrogen (secondary N) is 1. The zero-order valence-corrected chi connectivity index (χ0v) is 18.0. The predicted molar refractivity (Wildman–Crippen MR) is 107 cm³/mol. The molecule has 5 N–H and O–H groups in total. The molecule has 0 spiro atoms. The number of likely N-dealkylation sites (tertiary alicyclic amines) is 1. The highest BCUT2D eigenvalue weighted by Crippen LogP contribution is 2.65. The molecule has 1 heterocycles. The van der Waals surface area contributed by atoms with E-state index in [9.17, 15) is 19.2 Å². The second-order valence-electron chi connectivity index (χ2n) is 10.7. The molecule has 2 aliphatic carbocycles. The third-order valence-electron chi connectivity index (χ3n) is 7.10. The highest BCUT2D eigenvalue weighted by atomic mass is 16.2. The van der Waals surface area contributed by atoms with Gasteiger partial charge in [-0.1, -0.05) is 47.5 Å². The molecule has 29 heavy (non-hydrogen) atoms. The molecule has 1 saturated heterocycles. The molecule has 8 nitrogen and oxygen atoms in total. The van der Waals surface area contributed by atoms with Crippen LogP contribution in [0.1, 0.15) is 53.9 Å². The Morgan fingerprint density at radius 3 is 2.24 bits per heavy atom.